The lowest BCUT2D eigenvalue weighted by atomic mass is 9.81. The fraction of sp³-hybridized carbons (Fsp3) is 0.684. The van der Waals surface area contributed by atoms with Crippen molar-refractivity contribution in [1.29, 1.82) is 0 Å². The van der Waals surface area contributed by atoms with E-state index in [0.717, 1.165) is 31.5 Å². The molecule has 1 N–H and O–H groups in total. The smallest absolute Gasteiger partial charge is 0.316 e. The van der Waals surface area contributed by atoms with Crippen molar-refractivity contribution >= 4 is 11.8 Å². The van der Waals surface area contributed by atoms with Crippen LogP contribution in [0.15, 0.2) is 12.4 Å². The number of ether oxygens (including phenoxy) is 1. The topological polar surface area (TPSA) is 84.4 Å². The van der Waals surface area contributed by atoms with Crippen molar-refractivity contribution in [2.75, 3.05) is 26.2 Å². The summed E-state index contributed by atoms with van der Waals surface area (Å²) >= 11 is 0. The van der Waals surface area contributed by atoms with Crippen LogP contribution >= 0.6 is 0 Å². The van der Waals surface area contributed by atoms with Crippen LogP contribution in [0, 0.1) is 24.2 Å². The number of carbonyl (C=O) groups excluding carboxylic acids is 2. The summed E-state index contributed by atoms with van der Waals surface area (Å²) in [6.07, 6.45) is 8.03. The average molecular weight is 358 g/mol. The molecule has 1 aromatic rings. The predicted octanol–water partition coefficient (Wildman–Crippen LogP) is 1.32. The Morgan fingerprint density at radius 2 is 2.19 bits per heavy atom. The summed E-state index contributed by atoms with van der Waals surface area (Å²) in [5.74, 6) is 0.640. The van der Waals surface area contributed by atoms with E-state index in [1.807, 2.05) is 11.8 Å². The molecule has 26 heavy (non-hydrogen) atoms. The normalized spacial score (nSPS) is 30.8. The Balaban J connectivity index is 1.40. The van der Waals surface area contributed by atoms with Crippen molar-refractivity contribution < 1.29 is 14.3 Å². The van der Waals surface area contributed by atoms with Crippen LogP contribution in [0.25, 0.3) is 0 Å². The molecule has 3 heterocycles. The summed E-state index contributed by atoms with van der Waals surface area (Å²) < 4.78 is 5.92. The summed E-state index contributed by atoms with van der Waals surface area (Å²) in [5, 5.41) is 2.82. The largest absolute Gasteiger partial charge is 0.463 e. The molecule has 7 heteroatoms. The van der Waals surface area contributed by atoms with Gasteiger partial charge in [-0.1, -0.05) is 6.42 Å². The lowest BCUT2D eigenvalue weighted by Gasteiger charge is -2.30. The molecule has 3 aliphatic rings. The van der Waals surface area contributed by atoms with Gasteiger partial charge in [0.1, 0.15) is 0 Å². The number of rotatable bonds is 4. The quantitative estimate of drug-likeness (QED) is 0.877. The Hall–Kier alpha value is -2.18. The Kier molecular flexibility index (Phi) is 4.54. The zero-order valence-electron chi connectivity index (χ0n) is 15.2. The first-order valence-electron chi connectivity index (χ1n) is 9.53. The Morgan fingerprint density at radius 1 is 1.38 bits per heavy atom. The second-order valence-corrected chi connectivity index (χ2v) is 8.04. The maximum Gasteiger partial charge on any atom is 0.316 e. The van der Waals surface area contributed by atoms with Gasteiger partial charge in [-0.05, 0) is 37.7 Å². The SMILES string of the molecule is Cc1cnc(OCC23CCCC2CN(C(=O)C2CCC(=O)NC2)C3)nc1. The van der Waals surface area contributed by atoms with E-state index in [0.29, 0.717) is 37.9 Å². The third-order valence-corrected chi connectivity index (χ3v) is 6.21. The molecule has 7 nitrogen and oxygen atoms in total. The van der Waals surface area contributed by atoms with E-state index in [4.69, 9.17) is 4.74 Å². The van der Waals surface area contributed by atoms with Gasteiger partial charge in [-0.15, -0.1) is 0 Å². The maximum absolute atomic E-state index is 12.9. The molecule has 3 atom stereocenters. The summed E-state index contributed by atoms with van der Waals surface area (Å²) in [7, 11) is 0. The van der Waals surface area contributed by atoms with E-state index in [1.54, 1.807) is 12.4 Å². The molecule has 4 rings (SSSR count). The van der Waals surface area contributed by atoms with Crippen molar-refractivity contribution in [1.82, 2.24) is 20.2 Å². The van der Waals surface area contributed by atoms with Gasteiger partial charge in [0, 0.05) is 43.9 Å². The molecule has 3 unspecified atom stereocenters. The second kappa shape index (κ2) is 6.85. The van der Waals surface area contributed by atoms with Crippen molar-refractivity contribution in [3.63, 3.8) is 0 Å². The molecule has 1 saturated carbocycles. The molecule has 1 aromatic heterocycles. The highest BCUT2D eigenvalue weighted by Crippen LogP contribution is 2.49. The molecule has 0 spiro atoms. The molecule has 1 aliphatic carbocycles. The number of hydrogen-bond acceptors (Lipinski definition) is 5. The number of aromatic nitrogens is 2. The fourth-order valence-electron chi connectivity index (χ4n) is 4.68. The Morgan fingerprint density at radius 3 is 2.92 bits per heavy atom. The number of hydrogen-bond donors (Lipinski definition) is 1. The lowest BCUT2D eigenvalue weighted by molar-refractivity contribution is -0.137. The van der Waals surface area contributed by atoms with E-state index >= 15 is 0 Å². The maximum atomic E-state index is 12.9. The first kappa shape index (κ1) is 17.2. The Labute approximate surface area is 153 Å². The average Bonchev–Trinajstić information content (AvgIpc) is 3.19. The minimum atomic E-state index is -0.0788. The number of amides is 2. The highest BCUT2D eigenvalue weighted by atomic mass is 16.5. The highest BCUT2D eigenvalue weighted by Gasteiger charge is 2.52. The monoisotopic (exact) mass is 358 g/mol. The van der Waals surface area contributed by atoms with Gasteiger partial charge in [0.15, 0.2) is 0 Å². The standard InChI is InChI=1S/C19H26N4O3/c1-13-7-21-18(22-8-13)26-12-19-6-2-3-15(19)10-23(11-19)17(25)14-4-5-16(24)20-9-14/h7-8,14-15H,2-6,9-12H2,1H3,(H,20,24). The first-order valence-corrected chi connectivity index (χ1v) is 9.53. The third-order valence-electron chi connectivity index (χ3n) is 6.21. The van der Waals surface area contributed by atoms with Gasteiger partial charge in [0.2, 0.25) is 11.8 Å². The van der Waals surface area contributed by atoms with Gasteiger partial charge in [0.05, 0.1) is 12.5 Å². The summed E-state index contributed by atoms with van der Waals surface area (Å²) in [4.78, 5) is 34.7. The van der Waals surface area contributed by atoms with Crippen LogP contribution in [-0.4, -0.2) is 52.9 Å². The number of piperidine rings is 1. The number of aryl methyl sites for hydroxylation is 1. The van der Waals surface area contributed by atoms with E-state index in [1.165, 1.54) is 6.42 Å². The lowest BCUT2D eigenvalue weighted by Crippen LogP contribution is -2.45. The number of likely N-dealkylation sites (tertiary alicyclic amines) is 1. The van der Waals surface area contributed by atoms with Crippen molar-refractivity contribution in [2.24, 2.45) is 17.3 Å². The van der Waals surface area contributed by atoms with Gasteiger partial charge in [-0.3, -0.25) is 9.59 Å². The fourth-order valence-corrected chi connectivity index (χ4v) is 4.68. The predicted molar refractivity (Wildman–Crippen MR) is 94.4 cm³/mol. The van der Waals surface area contributed by atoms with Crippen molar-refractivity contribution in [3.05, 3.63) is 18.0 Å². The van der Waals surface area contributed by atoms with E-state index in [-0.39, 0.29) is 23.1 Å². The minimum absolute atomic E-state index is 0.0157. The summed E-state index contributed by atoms with van der Waals surface area (Å²) in [6.45, 7) is 4.53. The first-order chi connectivity index (χ1) is 12.6. The van der Waals surface area contributed by atoms with Crippen LogP contribution in [0.4, 0.5) is 0 Å². The molecule has 2 saturated heterocycles. The number of carbonyl (C=O) groups is 2. The van der Waals surface area contributed by atoms with E-state index in [2.05, 4.69) is 15.3 Å². The van der Waals surface area contributed by atoms with Crippen LogP contribution in [0.5, 0.6) is 6.01 Å². The zero-order valence-corrected chi connectivity index (χ0v) is 15.2. The van der Waals surface area contributed by atoms with Gasteiger partial charge in [-0.2, -0.15) is 0 Å². The van der Waals surface area contributed by atoms with Crippen LogP contribution in [0.2, 0.25) is 0 Å². The molecular weight excluding hydrogens is 332 g/mol. The van der Waals surface area contributed by atoms with Crippen LogP contribution in [0.3, 0.4) is 0 Å². The highest BCUT2D eigenvalue weighted by molar-refractivity contribution is 5.84. The number of fused-ring (bicyclic) bond motifs is 1. The summed E-state index contributed by atoms with van der Waals surface area (Å²) in [6, 6.07) is 0.412. The molecular formula is C19H26N4O3. The Bertz CT molecular complexity index is 683. The third kappa shape index (κ3) is 3.27. The van der Waals surface area contributed by atoms with Gasteiger partial charge < -0.3 is 15.0 Å². The van der Waals surface area contributed by atoms with Crippen LogP contribution in [-0.2, 0) is 9.59 Å². The minimum Gasteiger partial charge on any atom is -0.463 e. The molecule has 0 bridgehead atoms. The molecule has 0 aromatic carbocycles. The molecule has 3 fully saturated rings. The molecule has 0 radical (unpaired) electrons. The molecule has 140 valence electrons. The molecule has 2 amide bonds. The van der Waals surface area contributed by atoms with Gasteiger partial charge >= 0.3 is 6.01 Å². The summed E-state index contributed by atoms with van der Waals surface area (Å²) in [5.41, 5.74) is 1.02. The van der Waals surface area contributed by atoms with Gasteiger partial charge in [0.25, 0.3) is 0 Å². The number of nitrogens with zero attached hydrogens (tertiary/aromatic N) is 3. The molecule has 2 aliphatic heterocycles. The van der Waals surface area contributed by atoms with Crippen molar-refractivity contribution in [3.8, 4) is 6.01 Å². The van der Waals surface area contributed by atoms with Crippen LogP contribution < -0.4 is 10.1 Å². The second-order valence-electron chi connectivity index (χ2n) is 8.04. The van der Waals surface area contributed by atoms with Crippen molar-refractivity contribution in [2.45, 2.75) is 39.0 Å². The zero-order chi connectivity index (χ0) is 18.1. The van der Waals surface area contributed by atoms with Crippen LogP contribution in [0.1, 0.15) is 37.7 Å². The van der Waals surface area contributed by atoms with E-state index in [9.17, 15) is 9.59 Å². The van der Waals surface area contributed by atoms with Gasteiger partial charge in [-0.25, -0.2) is 9.97 Å². The number of nitrogens with one attached hydrogen (secondary N) is 1. The van der Waals surface area contributed by atoms with E-state index < -0.39 is 0 Å².